The topological polar surface area (TPSA) is 234 Å². The minimum Gasteiger partial charge on any atom is -0.387 e. The van der Waals surface area contributed by atoms with Gasteiger partial charge in [0.15, 0.2) is 18.0 Å². The van der Waals surface area contributed by atoms with E-state index in [1.165, 1.54) is 20.3 Å². The molecule has 3 rings (SSSR count). The van der Waals surface area contributed by atoms with E-state index >= 15 is 0 Å². The van der Waals surface area contributed by atoms with Crippen molar-refractivity contribution >= 4 is 23.6 Å². The van der Waals surface area contributed by atoms with Crippen LogP contribution in [0.3, 0.4) is 0 Å². The second-order valence-electron chi connectivity index (χ2n) is 15.6. The predicted octanol–water partition coefficient (Wildman–Crippen LogP) is -0.819. The summed E-state index contributed by atoms with van der Waals surface area (Å²) in [5, 5.41) is 51.3. The summed E-state index contributed by atoms with van der Waals surface area (Å²) < 4.78 is 21.9. The Kier molecular flexibility index (Phi) is 16.2. The van der Waals surface area contributed by atoms with E-state index in [2.05, 4.69) is 21.3 Å². The molecule has 3 aliphatic heterocycles. The Balaban J connectivity index is 0.000000356. The summed E-state index contributed by atoms with van der Waals surface area (Å²) >= 11 is 0. The summed E-state index contributed by atoms with van der Waals surface area (Å²) in [4.78, 5) is 48.1. The van der Waals surface area contributed by atoms with Gasteiger partial charge in [0.1, 0.15) is 48.7 Å². The smallest absolute Gasteiger partial charge is 0.252 e. The summed E-state index contributed by atoms with van der Waals surface area (Å²) in [6.07, 6.45) is -2.08. The molecule has 16 nitrogen and oxygen atoms in total. The number of methoxy groups -OCH3 is 2. The molecule has 3 fully saturated rings. The normalized spacial score (nSPS) is 28.2. The molecule has 4 amide bonds. The number of aliphatic hydroxyl groups is 4. The molecule has 0 aliphatic carbocycles. The van der Waals surface area contributed by atoms with Gasteiger partial charge in [0.2, 0.25) is 11.8 Å². The Bertz CT molecular complexity index is 1240. The molecule has 0 bridgehead atoms. The highest BCUT2D eigenvalue weighted by Gasteiger charge is 2.48. The lowest BCUT2D eigenvalue weighted by Crippen LogP contribution is -2.61. The van der Waals surface area contributed by atoms with Crippen LogP contribution < -0.4 is 21.3 Å². The Morgan fingerprint density at radius 1 is 0.843 bits per heavy atom. The number of carbonyl (C=O) groups is 4. The third-order valence-electron chi connectivity index (χ3n) is 8.16. The highest BCUT2D eigenvalue weighted by Crippen LogP contribution is 2.31. The molecular weight excluding hydrogens is 668 g/mol. The van der Waals surface area contributed by atoms with E-state index in [1.807, 2.05) is 47.6 Å². The standard InChI is InChI=1S/C19H32N2O6.C16H28N2O6/c1-18(2,3)9-7-12-13(22)14(27-19(4,5)26-12)15(25-6)17(24)21-11-8-10-20-16(11)23;1-16(2,3)7-5-10(19)11(20)12(21)13(24-4)15(23)18-9-6-8-17-14(9)22/h7,9,11-15,22H,8,10H2,1-6H3,(H,20,23)(H,21,24);5,7,9-13,19-21H,6,8H2,1-4H3,(H,17,22)(H,18,23)/b9-7+;7-5+/t11?,12-,13+,14-,15-;9?,10-,11+,12-,13-/m11/s1. The molecule has 2 unspecified atom stereocenters. The number of allylic oxidation sites excluding steroid dienone is 2. The van der Waals surface area contributed by atoms with Crippen molar-refractivity contribution in [2.45, 2.75) is 135 Å². The summed E-state index contributed by atoms with van der Waals surface area (Å²) in [7, 11) is 2.57. The van der Waals surface area contributed by atoms with Crippen molar-refractivity contribution in [3.63, 3.8) is 0 Å². The van der Waals surface area contributed by atoms with E-state index in [-0.39, 0.29) is 22.6 Å². The maximum Gasteiger partial charge on any atom is 0.252 e. The van der Waals surface area contributed by atoms with E-state index in [4.69, 9.17) is 18.9 Å². The van der Waals surface area contributed by atoms with Crippen LogP contribution in [0.5, 0.6) is 0 Å². The van der Waals surface area contributed by atoms with Crippen LogP contribution in [0, 0.1) is 10.8 Å². The molecule has 292 valence electrons. The molecule has 3 saturated heterocycles. The highest BCUT2D eigenvalue weighted by molar-refractivity contribution is 5.91. The van der Waals surface area contributed by atoms with Crippen molar-refractivity contribution in [2.75, 3.05) is 27.3 Å². The van der Waals surface area contributed by atoms with Gasteiger partial charge in [0, 0.05) is 27.3 Å². The number of hydrogen-bond acceptors (Lipinski definition) is 12. The molecule has 51 heavy (non-hydrogen) atoms. The zero-order valence-electron chi connectivity index (χ0n) is 31.5. The van der Waals surface area contributed by atoms with Crippen molar-refractivity contribution in [1.29, 1.82) is 0 Å². The maximum absolute atomic E-state index is 12.7. The van der Waals surface area contributed by atoms with Crippen molar-refractivity contribution < 1.29 is 58.6 Å². The molecule has 0 aromatic heterocycles. The third kappa shape index (κ3) is 13.8. The van der Waals surface area contributed by atoms with Crippen LogP contribution >= 0.6 is 0 Å². The summed E-state index contributed by atoms with van der Waals surface area (Å²) in [6, 6.07) is -1.29. The first-order chi connectivity index (χ1) is 23.5. The number of rotatable bonds is 12. The van der Waals surface area contributed by atoms with Gasteiger partial charge in [0.25, 0.3) is 11.8 Å². The Morgan fingerprint density at radius 2 is 1.35 bits per heavy atom. The van der Waals surface area contributed by atoms with Crippen LogP contribution in [0.4, 0.5) is 0 Å². The predicted molar refractivity (Wildman–Crippen MR) is 186 cm³/mol. The third-order valence-corrected chi connectivity index (χ3v) is 8.16. The molecule has 3 heterocycles. The fourth-order valence-electron chi connectivity index (χ4n) is 5.43. The molecule has 10 atom stereocenters. The van der Waals surface area contributed by atoms with Crippen LogP contribution in [0.15, 0.2) is 24.3 Å². The second kappa shape index (κ2) is 18.7. The van der Waals surface area contributed by atoms with Gasteiger partial charge in [-0.05, 0) is 37.5 Å². The van der Waals surface area contributed by atoms with Gasteiger partial charge in [-0.25, -0.2) is 0 Å². The van der Waals surface area contributed by atoms with Crippen molar-refractivity contribution in [1.82, 2.24) is 21.3 Å². The molecular formula is C35H60N4O12. The Morgan fingerprint density at radius 3 is 1.78 bits per heavy atom. The first-order valence-electron chi connectivity index (χ1n) is 17.2. The molecule has 0 aromatic rings. The van der Waals surface area contributed by atoms with Gasteiger partial charge >= 0.3 is 0 Å². The molecule has 0 spiro atoms. The monoisotopic (exact) mass is 728 g/mol. The minimum atomic E-state index is -1.65. The number of nitrogens with one attached hydrogen (secondary N) is 4. The van der Waals surface area contributed by atoms with Crippen LogP contribution in [-0.2, 0) is 38.1 Å². The SMILES string of the molecule is CO[C@@H](C(=O)NC1CCNC1=O)[C@@H]1OC(C)(C)O[C@H](/C=C/C(C)(C)C)[C@@H]1O.CO[C@@H](C(=O)NC1CCNC1=O)[C@H](O)[C@@H](O)[C@H](O)/C=C/C(C)(C)C. The molecule has 0 radical (unpaired) electrons. The maximum atomic E-state index is 12.7. The van der Waals surface area contributed by atoms with Crippen molar-refractivity contribution in [3.05, 3.63) is 24.3 Å². The summed E-state index contributed by atoms with van der Waals surface area (Å²) in [5.74, 6) is -2.77. The molecule has 0 saturated carbocycles. The lowest BCUT2D eigenvalue weighted by Gasteiger charge is -2.45. The number of amides is 4. The van der Waals surface area contributed by atoms with E-state index in [1.54, 1.807) is 26.0 Å². The zero-order valence-corrected chi connectivity index (χ0v) is 31.5. The van der Waals surface area contributed by atoms with Crippen LogP contribution in [-0.4, -0.2) is 138 Å². The summed E-state index contributed by atoms with van der Waals surface area (Å²) in [6.45, 7) is 16.3. The van der Waals surface area contributed by atoms with Gasteiger partial charge in [-0.2, -0.15) is 0 Å². The van der Waals surface area contributed by atoms with E-state index in [0.29, 0.717) is 25.9 Å². The van der Waals surface area contributed by atoms with Gasteiger partial charge < -0.3 is 60.6 Å². The largest absolute Gasteiger partial charge is 0.387 e. The van der Waals surface area contributed by atoms with Crippen LogP contribution in [0.25, 0.3) is 0 Å². The lowest BCUT2D eigenvalue weighted by molar-refractivity contribution is -0.334. The van der Waals surface area contributed by atoms with Crippen LogP contribution in [0.1, 0.15) is 68.2 Å². The van der Waals surface area contributed by atoms with Gasteiger partial charge in [-0.15, -0.1) is 0 Å². The van der Waals surface area contributed by atoms with E-state index in [0.717, 1.165) is 0 Å². The first-order valence-corrected chi connectivity index (χ1v) is 17.2. The molecule has 0 aromatic carbocycles. The number of hydrogen-bond donors (Lipinski definition) is 8. The zero-order chi connectivity index (χ0) is 38.9. The Hall–Kier alpha value is -2.96. The molecule has 16 heteroatoms. The first kappa shape index (κ1) is 44.2. The Labute approximate surface area is 300 Å². The second-order valence-corrected chi connectivity index (χ2v) is 15.6. The number of ether oxygens (including phenoxy) is 4. The number of aliphatic hydroxyl groups excluding tert-OH is 4. The van der Waals surface area contributed by atoms with Gasteiger partial charge in [0.05, 0.1) is 0 Å². The molecule has 3 aliphatic rings. The van der Waals surface area contributed by atoms with E-state index < -0.39 is 78.5 Å². The van der Waals surface area contributed by atoms with Gasteiger partial charge in [-0.3, -0.25) is 19.2 Å². The minimum absolute atomic E-state index is 0.0884. The average molecular weight is 729 g/mol. The number of carbonyl (C=O) groups excluding carboxylic acids is 4. The fraction of sp³-hybridized carbons (Fsp3) is 0.771. The molecule has 8 N–H and O–H groups in total. The summed E-state index contributed by atoms with van der Waals surface area (Å²) in [5.41, 5.74) is -0.297. The van der Waals surface area contributed by atoms with Crippen molar-refractivity contribution in [2.24, 2.45) is 10.8 Å². The van der Waals surface area contributed by atoms with Crippen LogP contribution in [0.2, 0.25) is 0 Å². The fourth-order valence-corrected chi connectivity index (χ4v) is 5.43. The quantitative estimate of drug-likeness (QED) is 0.115. The van der Waals surface area contributed by atoms with Gasteiger partial charge in [-0.1, -0.05) is 65.8 Å². The van der Waals surface area contributed by atoms with Crippen molar-refractivity contribution in [3.8, 4) is 0 Å². The lowest BCUT2D eigenvalue weighted by atomic mass is 9.93. The average Bonchev–Trinajstić information content (AvgIpc) is 3.62. The van der Waals surface area contributed by atoms with E-state index in [9.17, 15) is 39.6 Å². The highest BCUT2D eigenvalue weighted by atomic mass is 16.7.